The van der Waals surface area contributed by atoms with Crippen LogP contribution in [0.4, 0.5) is 5.69 Å². The zero-order chi connectivity index (χ0) is 17.8. The van der Waals surface area contributed by atoms with E-state index >= 15 is 0 Å². The molecule has 1 fully saturated rings. The Kier molecular flexibility index (Phi) is 5.16. The molecule has 0 spiro atoms. The number of hydrazone groups is 1. The maximum Gasteiger partial charge on any atom is 0.336 e. The van der Waals surface area contributed by atoms with E-state index in [9.17, 15) is 14.7 Å². The van der Waals surface area contributed by atoms with Crippen LogP contribution in [0.15, 0.2) is 58.6 Å². The molecule has 0 bridgehead atoms. The second kappa shape index (κ2) is 7.50. The molecular weight excluding hydrogens is 362 g/mol. The normalized spacial score (nSPS) is 16.1. The van der Waals surface area contributed by atoms with Crippen LogP contribution in [0.3, 0.4) is 0 Å². The Balaban J connectivity index is 1.88. The number of hydrogen-bond donors (Lipinski definition) is 1. The van der Waals surface area contributed by atoms with Crippen LogP contribution in [0, 0.1) is 0 Å². The Hall–Kier alpha value is -2.64. The van der Waals surface area contributed by atoms with Crippen molar-refractivity contribution in [1.82, 2.24) is 5.01 Å². The van der Waals surface area contributed by atoms with Gasteiger partial charge in [-0.2, -0.15) is 10.1 Å². The molecule has 0 radical (unpaired) electrons. The summed E-state index contributed by atoms with van der Waals surface area (Å²) < 4.78 is 0. The summed E-state index contributed by atoms with van der Waals surface area (Å²) in [5, 5.41) is 15.5. The highest BCUT2D eigenvalue weighted by molar-refractivity contribution is 8.15. The van der Waals surface area contributed by atoms with Gasteiger partial charge in [0, 0.05) is 10.6 Å². The molecule has 126 valence electrons. The average Bonchev–Trinajstić information content (AvgIpc) is 2.95. The molecule has 0 aromatic heterocycles. The Bertz CT molecular complexity index is 881. The third-order valence-corrected chi connectivity index (χ3v) is 4.46. The van der Waals surface area contributed by atoms with E-state index in [0.717, 1.165) is 0 Å². The number of benzene rings is 2. The predicted octanol–water partition coefficient (Wildman–Crippen LogP) is 3.64. The topological polar surface area (TPSA) is 82.3 Å². The number of amides is 1. The van der Waals surface area contributed by atoms with Gasteiger partial charge in [0.15, 0.2) is 5.17 Å². The maximum atomic E-state index is 12.0. The van der Waals surface area contributed by atoms with Crippen molar-refractivity contribution in [1.29, 1.82) is 0 Å². The summed E-state index contributed by atoms with van der Waals surface area (Å²) in [6, 6.07) is 13.3. The molecule has 1 aliphatic rings. The number of aliphatic imine (C=N–C) groups is 1. The minimum atomic E-state index is -1.06. The van der Waals surface area contributed by atoms with E-state index in [1.165, 1.54) is 29.1 Å². The Labute approximate surface area is 152 Å². The quantitative estimate of drug-likeness (QED) is 0.829. The number of halogens is 1. The van der Waals surface area contributed by atoms with Crippen LogP contribution in [0.1, 0.15) is 15.9 Å². The summed E-state index contributed by atoms with van der Waals surface area (Å²) in [4.78, 5) is 27.7. The first-order valence-corrected chi connectivity index (χ1v) is 8.57. The van der Waals surface area contributed by atoms with Crippen LogP contribution in [0.2, 0.25) is 5.02 Å². The van der Waals surface area contributed by atoms with E-state index in [4.69, 9.17) is 11.6 Å². The largest absolute Gasteiger partial charge is 0.478 e. The highest BCUT2D eigenvalue weighted by Gasteiger charge is 2.28. The molecule has 2 aromatic carbocycles. The van der Waals surface area contributed by atoms with Gasteiger partial charge in [-0.3, -0.25) is 4.79 Å². The number of amidine groups is 1. The van der Waals surface area contributed by atoms with Gasteiger partial charge in [0.1, 0.15) is 0 Å². The first-order chi connectivity index (χ1) is 12.0. The van der Waals surface area contributed by atoms with Gasteiger partial charge >= 0.3 is 5.97 Å². The number of carbonyl (C=O) groups is 2. The molecule has 0 atom stereocenters. The molecule has 1 heterocycles. The summed E-state index contributed by atoms with van der Waals surface area (Å²) in [6.45, 7) is 0. The van der Waals surface area contributed by atoms with Gasteiger partial charge in [0.2, 0.25) is 0 Å². The Morgan fingerprint density at radius 3 is 2.64 bits per heavy atom. The summed E-state index contributed by atoms with van der Waals surface area (Å²) in [6.07, 6.45) is 1.35. The van der Waals surface area contributed by atoms with Crippen molar-refractivity contribution in [2.24, 2.45) is 10.1 Å². The van der Waals surface area contributed by atoms with E-state index in [0.29, 0.717) is 21.4 Å². The van der Waals surface area contributed by atoms with E-state index in [2.05, 4.69) is 10.1 Å². The summed E-state index contributed by atoms with van der Waals surface area (Å²) in [7, 11) is 0. The molecule has 8 heteroatoms. The first-order valence-electron chi connectivity index (χ1n) is 7.21. The highest BCUT2D eigenvalue weighted by atomic mass is 35.5. The van der Waals surface area contributed by atoms with Crippen molar-refractivity contribution in [2.75, 3.05) is 5.75 Å². The van der Waals surface area contributed by atoms with Gasteiger partial charge in [-0.05, 0) is 30.3 Å². The summed E-state index contributed by atoms with van der Waals surface area (Å²) in [5.41, 5.74) is 1.17. The maximum absolute atomic E-state index is 12.0. The standard InChI is InChI=1S/C17H12ClN3O3S/c18-12-5-7-13(8-6-12)20-17-21(15(22)10-25-17)19-9-11-3-1-2-4-14(11)16(23)24/h1-9H,10H2,(H,23,24)/b19-9-,20-17?. The van der Waals surface area contributed by atoms with Gasteiger partial charge < -0.3 is 5.11 Å². The van der Waals surface area contributed by atoms with Crippen molar-refractivity contribution in [3.05, 3.63) is 64.7 Å². The summed E-state index contributed by atoms with van der Waals surface area (Å²) in [5.74, 6) is -1.05. The third kappa shape index (κ3) is 4.07. The van der Waals surface area contributed by atoms with Crippen molar-refractivity contribution < 1.29 is 14.7 Å². The van der Waals surface area contributed by atoms with Crippen molar-refractivity contribution in [2.45, 2.75) is 0 Å². The van der Waals surface area contributed by atoms with Crippen molar-refractivity contribution >= 4 is 52.3 Å². The fourth-order valence-electron chi connectivity index (χ4n) is 2.10. The van der Waals surface area contributed by atoms with Crippen molar-refractivity contribution in [3.8, 4) is 0 Å². The smallest absolute Gasteiger partial charge is 0.336 e. The van der Waals surface area contributed by atoms with E-state index in [1.54, 1.807) is 42.5 Å². The number of nitrogens with zero attached hydrogens (tertiary/aromatic N) is 3. The SMILES string of the molecule is O=C(O)c1ccccc1/C=N\N1C(=O)CSC1=Nc1ccc(Cl)cc1. The van der Waals surface area contributed by atoms with Crippen LogP contribution in [0.25, 0.3) is 0 Å². The zero-order valence-corrected chi connectivity index (χ0v) is 14.4. The fourth-order valence-corrected chi connectivity index (χ4v) is 3.04. The molecule has 6 nitrogen and oxygen atoms in total. The van der Waals surface area contributed by atoms with Crippen LogP contribution in [-0.2, 0) is 4.79 Å². The predicted molar refractivity (Wildman–Crippen MR) is 98.8 cm³/mol. The lowest BCUT2D eigenvalue weighted by Crippen LogP contribution is -2.24. The summed E-state index contributed by atoms with van der Waals surface area (Å²) >= 11 is 7.11. The van der Waals surface area contributed by atoms with Gasteiger partial charge in [-0.15, -0.1) is 0 Å². The first kappa shape index (κ1) is 17.2. The minimum Gasteiger partial charge on any atom is -0.478 e. The second-order valence-corrected chi connectivity index (χ2v) is 6.38. The molecule has 2 aromatic rings. The average molecular weight is 374 g/mol. The molecule has 0 saturated carbocycles. The molecular formula is C17H12ClN3O3S. The minimum absolute atomic E-state index is 0.113. The number of carboxylic acid groups (broad SMARTS) is 1. The number of hydrogen-bond acceptors (Lipinski definition) is 5. The van der Waals surface area contributed by atoms with Crippen LogP contribution in [-0.4, -0.2) is 39.1 Å². The number of thioether (sulfide) groups is 1. The van der Waals surface area contributed by atoms with Crippen molar-refractivity contribution in [3.63, 3.8) is 0 Å². The number of rotatable bonds is 4. The van der Waals surface area contributed by atoms with Crippen LogP contribution in [0.5, 0.6) is 0 Å². The van der Waals surface area contributed by atoms with Crippen LogP contribution < -0.4 is 0 Å². The molecule has 3 rings (SSSR count). The van der Waals surface area contributed by atoms with E-state index < -0.39 is 5.97 Å². The van der Waals surface area contributed by atoms with Gasteiger partial charge in [0.25, 0.3) is 5.91 Å². The Morgan fingerprint density at radius 2 is 1.92 bits per heavy atom. The molecule has 1 amide bonds. The third-order valence-electron chi connectivity index (χ3n) is 3.30. The lowest BCUT2D eigenvalue weighted by Gasteiger charge is -2.09. The molecule has 0 aliphatic carbocycles. The second-order valence-electron chi connectivity index (χ2n) is 5.00. The van der Waals surface area contributed by atoms with E-state index in [1.807, 2.05) is 0 Å². The molecule has 0 unspecified atom stereocenters. The molecule has 1 saturated heterocycles. The monoisotopic (exact) mass is 373 g/mol. The lowest BCUT2D eigenvalue weighted by molar-refractivity contribution is -0.124. The van der Waals surface area contributed by atoms with Gasteiger partial charge in [-0.1, -0.05) is 41.6 Å². The van der Waals surface area contributed by atoms with Gasteiger partial charge in [-0.25, -0.2) is 9.79 Å². The number of carbonyl (C=O) groups excluding carboxylic acids is 1. The number of aromatic carboxylic acids is 1. The zero-order valence-electron chi connectivity index (χ0n) is 12.8. The lowest BCUT2D eigenvalue weighted by atomic mass is 10.1. The molecule has 1 aliphatic heterocycles. The molecule has 25 heavy (non-hydrogen) atoms. The van der Waals surface area contributed by atoms with E-state index in [-0.39, 0.29) is 17.2 Å². The number of carboxylic acids is 1. The highest BCUT2D eigenvalue weighted by Crippen LogP contribution is 2.25. The van der Waals surface area contributed by atoms with Crippen LogP contribution >= 0.6 is 23.4 Å². The molecule has 1 N–H and O–H groups in total. The Morgan fingerprint density at radius 1 is 1.20 bits per heavy atom. The van der Waals surface area contributed by atoms with Gasteiger partial charge in [0.05, 0.1) is 23.2 Å². The fraction of sp³-hybridized carbons (Fsp3) is 0.0588.